The van der Waals surface area contributed by atoms with Gasteiger partial charge in [-0.3, -0.25) is 0 Å². The molecule has 0 unspecified atom stereocenters. The van der Waals surface area contributed by atoms with Crippen LogP contribution in [-0.4, -0.2) is 16.5 Å². The summed E-state index contributed by atoms with van der Waals surface area (Å²) in [5.41, 5.74) is 1.34. The Morgan fingerprint density at radius 1 is 0.559 bits per heavy atom. The Balaban J connectivity index is 1.91. The third kappa shape index (κ3) is 6.54. The number of ether oxygens (including phenoxy) is 2. The van der Waals surface area contributed by atoms with Crippen molar-refractivity contribution in [2.24, 2.45) is 0 Å². The molecule has 0 aliphatic carbocycles. The minimum atomic E-state index is -1.71. The van der Waals surface area contributed by atoms with Gasteiger partial charge < -0.3 is 19.4 Å². The second kappa shape index (κ2) is 9.71. The van der Waals surface area contributed by atoms with E-state index in [-0.39, 0.29) is 11.5 Å². The molecule has 10 heteroatoms. The molecule has 0 aromatic heterocycles. The van der Waals surface area contributed by atoms with Gasteiger partial charge in [-0.25, -0.2) is 0 Å². The molecule has 0 bridgehead atoms. The van der Waals surface area contributed by atoms with E-state index in [0.29, 0.717) is 11.4 Å². The molecule has 0 aliphatic rings. The number of rotatable bonds is 8. The van der Waals surface area contributed by atoms with Gasteiger partial charge in [0.1, 0.15) is 28.0 Å². The van der Waals surface area contributed by atoms with Crippen LogP contribution >= 0.6 is 0 Å². The number of hydrogen-bond acceptors (Lipinski definition) is 4. The second-order valence-corrected chi connectivity index (χ2v) is 19.4. The maximum Gasteiger partial charge on any atom is 0.208 e. The van der Waals surface area contributed by atoms with Crippen molar-refractivity contribution < 1.29 is 27.0 Å². The molecule has 4 nitrogen and oxygen atoms in total. The summed E-state index contributed by atoms with van der Waals surface area (Å²) in [4.78, 5) is 6.63. The molecule has 0 saturated heterocycles. The zero-order chi connectivity index (χ0) is 25.3. The molecule has 3 aromatic carbocycles. The molecular formula is C24H28F4N2O2Si2. The zero-order valence-electron chi connectivity index (χ0n) is 19.9. The molecule has 3 aromatic rings. The van der Waals surface area contributed by atoms with E-state index in [1.165, 1.54) is 24.3 Å². The largest absolute Gasteiger partial charge is 0.451 e. The first-order valence-corrected chi connectivity index (χ1v) is 17.7. The van der Waals surface area contributed by atoms with Gasteiger partial charge in [0.05, 0.1) is 0 Å². The molecule has 0 aliphatic heterocycles. The van der Waals surface area contributed by atoms with Gasteiger partial charge in [0, 0.05) is 23.5 Å². The molecule has 0 amide bonds. The lowest BCUT2D eigenvalue weighted by Crippen LogP contribution is -2.32. The van der Waals surface area contributed by atoms with Crippen LogP contribution < -0.4 is 19.4 Å². The maximum atomic E-state index is 14.8. The SMILES string of the molecule is C[Si](C)(C)Nc1cccc(Oc2c(F)c(F)c(Oc3cccc(N[Si](C)(C)C)c3)c(F)c2F)c1. The summed E-state index contributed by atoms with van der Waals surface area (Å²) in [5, 5.41) is 0. The number of nitrogens with one attached hydrogen (secondary N) is 2. The second-order valence-electron chi connectivity index (χ2n) is 9.92. The van der Waals surface area contributed by atoms with Crippen molar-refractivity contribution in [3.8, 4) is 23.0 Å². The molecule has 3 rings (SSSR count). The van der Waals surface area contributed by atoms with E-state index in [9.17, 15) is 17.6 Å². The van der Waals surface area contributed by atoms with Crippen molar-refractivity contribution in [3.63, 3.8) is 0 Å². The predicted molar refractivity (Wildman–Crippen MR) is 133 cm³/mol. The molecule has 0 radical (unpaired) electrons. The van der Waals surface area contributed by atoms with Gasteiger partial charge in [0.2, 0.25) is 34.8 Å². The predicted octanol–water partition coefficient (Wildman–Crippen LogP) is 8.32. The van der Waals surface area contributed by atoms with Crippen LogP contribution in [0.4, 0.5) is 28.9 Å². The van der Waals surface area contributed by atoms with E-state index in [4.69, 9.17) is 9.47 Å². The number of hydrogen-bond donors (Lipinski definition) is 2. The van der Waals surface area contributed by atoms with Crippen LogP contribution in [-0.2, 0) is 0 Å². The van der Waals surface area contributed by atoms with E-state index in [1.807, 2.05) is 0 Å². The minimum absolute atomic E-state index is 0.0265. The summed E-state index contributed by atoms with van der Waals surface area (Å²) in [6.07, 6.45) is 0. The van der Waals surface area contributed by atoms with Crippen LogP contribution in [0.25, 0.3) is 0 Å². The summed E-state index contributed by atoms with van der Waals surface area (Å²) in [5.74, 6) is -9.05. The van der Waals surface area contributed by atoms with Gasteiger partial charge in [-0.2, -0.15) is 17.6 Å². The van der Waals surface area contributed by atoms with Crippen LogP contribution in [0.2, 0.25) is 39.3 Å². The molecular weight excluding hydrogens is 480 g/mol. The number of halogens is 4. The van der Waals surface area contributed by atoms with Crippen molar-refractivity contribution in [3.05, 3.63) is 71.8 Å². The molecule has 0 atom stereocenters. The van der Waals surface area contributed by atoms with Crippen molar-refractivity contribution in [1.29, 1.82) is 0 Å². The van der Waals surface area contributed by atoms with Gasteiger partial charge in [0.25, 0.3) is 0 Å². The first kappa shape index (κ1) is 25.6. The Kier molecular flexibility index (Phi) is 7.32. The highest BCUT2D eigenvalue weighted by Gasteiger charge is 2.29. The van der Waals surface area contributed by atoms with Crippen LogP contribution in [0.1, 0.15) is 0 Å². The van der Waals surface area contributed by atoms with Gasteiger partial charge in [0.15, 0.2) is 0 Å². The molecule has 0 spiro atoms. The Hall–Kier alpha value is -2.99. The lowest BCUT2D eigenvalue weighted by atomic mass is 10.2. The minimum Gasteiger partial charge on any atom is -0.451 e. The first-order valence-electron chi connectivity index (χ1n) is 10.7. The maximum absolute atomic E-state index is 14.8. The highest BCUT2D eigenvalue weighted by Crippen LogP contribution is 2.39. The first-order chi connectivity index (χ1) is 15.7. The third-order valence-electron chi connectivity index (χ3n) is 4.33. The number of benzene rings is 3. The molecule has 2 N–H and O–H groups in total. The van der Waals surface area contributed by atoms with Gasteiger partial charge in [-0.05, 0) is 24.3 Å². The summed E-state index contributed by atoms with van der Waals surface area (Å²) in [6, 6.07) is 12.6. The smallest absolute Gasteiger partial charge is 0.208 e. The van der Waals surface area contributed by atoms with Crippen molar-refractivity contribution in [2.75, 3.05) is 9.96 Å². The standard InChI is InChI=1S/C24H28F4N2O2Si2/c1-33(2,3)29-15-9-7-11-17(13-15)31-23-19(25)21(27)24(22(28)20(23)26)32-18-12-8-10-16(14-18)30-34(4,5)6/h7-14,29-30H,1-6H3. The molecule has 0 heterocycles. The fourth-order valence-corrected chi connectivity index (χ4v) is 5.19. The van der Waals surface area contributed by atoms with Crippen LogP contribution in [0.3, 0.4) is 0 Å². The van der Waals surface area contributed by atoms with E-state index in [2.05, 4.69) is 49.2 Å². The average Bonchev–Trinajstić information content (AvgIpc) is 2.71. The summed E-state index contributed by atoms with van der Waals surface area (Å²) in [6.45, 7) is 12.4. The molecule has 0 fully saturated rings. The molecule has 182 valence electrons. The number of anilines is 2. The monoisotopic (exact) mass is 508 g/mol. The highest BCUT2D eigenvalue weighted by atomic mass is 28.3. The summed E-state index contributed by atoms with van der Waals surface area (Å²) >= 11 is 0. The lowest BCUT2D eigenvalue weighted by molar-refractivity contribution is 0.330. The van der Waals surface area contributed by atoms with Crippen LogP contribution in [0, 0.1) is 23.3 Å². The highest BCUT2D eigenvalue weighted by molar-refractivity contribution is 6.79. The Bertz CT molecular complexity index is 1070. The average molecular weight is 509 g/mol. The topological polar surface area (TPSA) is 42.5 Å². The lowest BCUT2D eigenvalue weighted by Gasteiger charge is -2.20. The van der Waals surface area contributed by atoms with E-state index < -0.39 is 51.2 Å². The van der Waals surface area contributed by atoms with Crippen LogP contribution in [0.5, 0.6) is 23.0 Å². The van der Waals surface area contributed by atoms with E-state index in [0.717, 1.165) is 0 Å². The third-order valence-corrected chi connectivity index (χ3v) is 6.41. The fraction of sp³-hybridized carbons (Fsp3) is 0.250. The van der Waals surface area contributed by atoms with E-state index in [1.54, 1.807) is 24.3 Å². The van der Waals surface area contributed by atoms with Gasteiger partial charge >= 0.3 is 0 Å². The van der Waals surface area contributed by atoms with Crippen molar-refractivity contribution in [2.45, 2.75) is 39.3 Å². The fourth-order valence-electron chi connectivity index (χ4n) is 3.15. The van der Waals surface area contributed by atoms with Crippen molar-refractivity contribution >= 4 is 27.8 Å². The quantitative estimate of drug-likeness (QED) is 0.182. The Morgan fingerprint density at radius 3 is 1.18 bits per heavy atom. The summed E-state index contributed by atoms with van der Waals surface area (Å²) < 4.78 is 69.5. The Morgan fingerprint density at radius 2 is 0.882 bits per heavy atom. The van der Waals surface area contributed by atoms with Gasteiger partial charge in [-0.15, -0.1) is 0 Å². The molecule has 0 saturated carbocycles. The van der Waals surface area contributed by atoms with Crippen molar-refractivity contribution in [1.82, 2.24) is 0 Å². The van der Waals surface area contributed by atoms with E-state index >= 15 is 0 Å². The molecule has 34 heavy (non-hydrogen) atoms. The van der Waals surface area contributed by atoms with Gasteiger partial charge in [-0.1, -0.05) is 51.4 Å². The zero-order valence-corrected chi connectivity index (χ0v) is 21.9. The Labute approximate surface area is 199 Å². The van der Waals surface area contributed by atoms with Crippen LogP contribution in [0.15, 0.2) is 48.5 Å². The summed E-state index contributed by atoms with van der Waals surface area (Å²) in [7, 11) is -3.41. The normalized spacial score (nSPS) is 11.8.